The first kappa shape index (κ1) is 11.7. The fourth-order valence-electron chi connectivity index (χ4n) is 2.18. The normalized spacial score (nSPS) is 10.8. The van der Waals surface area contributed by atoms with Crippen LogP contribution in [0.25, 0.3) is 11.0 Å². The average molecular weight is 252 g/mol. The molecule has 0 aliphatic heterocycles. The van der Waals surface area contributed by atoms with Crippen LogP contribution < -0.4 is 5.32 Å². The van der Waals surface area contributed by atoms with E-state index in [1.807, 2.05) is 43.7 Å². The Labute approximate surface area is 112 Å². The number of hydrogen-bond acceptors (Lipinski definition) is 3. The molecular weight excluding hydrogens is 236 g/mol. The molecular formula is C15H16N4. The summed E-state index contributed by atoms with van der Waals surface area (Å²) in [5, 5.41) is 3.38. The van der Waals surface area contributed by atoms with Crippen molar-refractivity contribution in [2.45, 2.75) is 13.5 Å². The monoisotopic (exact) mass is 252 g/mol. The highest BCUT2D eigenvalue weighted by molar-refractivity contribution is 5.78. The third-order valence-corrected chi connectivity index (χ3v) is 3.36. The van der Waals surface area contributed by atoms with E-state index in [9.17, 15) is 0 Å². The standard InChI is InChI=1S/C15H16N4/c1-11-9-16-8-7-12(11)10-17-15-18-13-5-3-4-6-14(13)19(15)2/h3-9H,10H2,1-2H3,(H,17,18). The summed E-state index contributed by atoms with van der Waals surface area (Å²) in [6.07, 6.45) is 3.70. The molecule has 0 radical (unpaired) electrons. The number of hydrogen-bond donors (Lipinski definition) is 1. The molecule has 0 aliphatic rings. The van der Waals surface area contributed by atoms with Crippen molar-refractivity contribution >= 4 is 17.0 Å². The SMILES string of the molecule is Cc1cnccc1CNc1nc2ccccc2n1C. The smallest absolute Gasteiger partial charge is 0.203 e. The number of aryl methyl sites for hydroxylation is 2. The van der Waals surface area contributed by atoms with Crippen LogP contribution in [0.3, 0.4) is 0 Å². The zero-order valence-electron chi connectivity index (χ0n) is 11.1. The summed E-state index contributed by atoms with van der Waals surface area (Å²) in [7, 11) is 2.02. The van der Waals surface area contributed by atoms with E-state index in [1.54, 1.807) is 0 Å². The van der Waals surface area contributed by atoms with Gasteiger partial charge in [-0.1, -0.05) is 12.1 Å². The van der Waals surface area contributed by atoms with Gasteiger partial charge in [0.25, 0.3) is 0 Å². The largest absolute Gasteiger partial charge is 0.352 e. The van der Waals surface area contributed by atoms with Crippen LogP contribution in [0.15, 0.2) is 42.7 Å². The highest BCUT2D eigenvalue weighted by Gasteiger charge is 2.06. The van der Waals surface area contributed by atoms with Crippen LogP contribution in [-0.2, 0) is 13.6 Å². The van der Waals surface area contributed by atoms with Gasteiger partial charge in [-0.15, -0.1) is 0 Å². The number of benzene rings is 1. The molecule has 0 atom stereocenters. The topological polar surface area (TPSA) is 42.7 Å². The lowest BCUT2D eigenvalue weighted by atomic mass is 10.1. The number of aromatic nitrogens is 3. The number of fused-ring (bicyclic) bond motifs is 1. The number of para-hydroxylation sites is 2. The van der Waals surface area contributed by atoms with Crippen LogP contribution in [0.1, 0.15) is 11.1 Å². The first-order valence-electron chi connectivity index (χ1n) is 6.30. The van der Waals surface area contributed by atoms with Gasteiger partial charge in [-0.2, -0.15) is 0 Å². The molecule has 4 heteroatoms. The molecule has 0 aliphatic carbocycles. The van der Waals surface area contributed by atoms with Gasteiger partial charge in [-0.25, -0.2) is 4.98 Å². The van der Waals surface area contributed by atoms with Gasteiger partial charge in [0.2, 0.25) is 5.95 Å². The van der Waals surface area contributed by atoms with Crippen molar-refractivity contribution in [1.82, 2.24) is 14.5 Å². The number of pyridine rings is 1. The highest BCUT2D eigenvalue weighted by atomic mass is 15.2. The maximum Gasteiger partial charge on any atom is 0.203 e. The van der Waals surface area contributed by atoms with Crippen LogP contribution in [0.5, 0.6) is 0 Å². The summed E-state index contributed by atoms with van der Waals surface area (Å²) >= 11 is 0. The molecule has 0 spiro atoms. The summed E-state index contributed by atoms with van der Waals surface area (Å²) in [5.41, 5.74) is 4.58. The second-order valence-electron chi connectivity index (χ2n) is 4.64. The minimum atomic E-state index is 0.755. The van der Waals surface area contributed by atoms with Gasteiger partial charge in [0.1, 0.15) is 0 Å². The molecule has 3 aromatic rings. The molecule has 0 fully saturated rings. The average Bonchev–Trinajstić information content (AvgIpc) is 2.75. The number of anilines is 1. The van der Waals surface area contributed by atoms with Crippen molar-refractivity contribution < 1.29 is 0 Å². The fraction of sp³-hybridized carbons (Fsp3) is 0.200. The van der Waals surface area contributed by atoms with E-state index >= 15 is 0 Å². The van der Waals surface area contributed by atoms with Gasteiger partial charge in [-0.05, 0) is 36.2 Å². The minimum absolute atomic E-state index is 0.755. The molecule has 0 amide bonds. The van der Waals surface area contributed by atoms with E-state index in [4.69, 9.17) is 0 Å². The zero-order valence-corrected chi connectivity index (χ0v) is 11.1. The lowest BCUT2D eigenvalue weighted by molar-refractivity contribution is 0.924. The molecule has 19 heavy (non-hydrogen) atoms. The van der Waals surface area contributed by atoms with Crippen molar-refractivity contribution in [3.8, 4) is 0 Å². The van der Waals surface area contributed by atoms with E-state index < -0.39 is 0 Å². The molecule has 1 N–H and O–H groups in total. The third-order valence-electron chi connectivity index (χ3n) is 3.36. The highest BCUT2D eigenvalue weighted by Crippen LogP contribution is 2.18. The lowest BCUT2D eigenvalue weighted by Gasteiger charge is -2.08. The van der Waals surface area contributed by atoms with E-state index in [0.717, 1.165) is 23.5 Å². The van der Waals surface area contributed by atoms with Crippen LogP contribution >= 0.6 is 0 Å². The molecule has 0 saturated carbocycles. The Hall–Kier alpha value is -2.36. The van der Waals surface area contributed by atoms with Gasteiger partial charge >= 0.3 is 0 Å². The van der Waals surface area contributed by atoms with Crippen LogP contribution in [-0.4, -0.2) is 14.5 Å². The number of imidazole rings is 1. The molecule has 96 valence electrons. The molecule has 3 rings (SSSR count). The first-order chi connectivity index (χ1) is 9.25. The summed E-state index contributed by atoms with van der Waals surface area (Å²) < 4.78 is 2.08. The lowest BCUT2D eigenvalue weighted by Crippen LogP contribution is -2.06. The molecule has 0 bridgehead atoms. The first-order valence-corrected chi connectivity index (χ1v) is 6.30. The Morgan fingerprint density at radius 2 is 2.05 bits per heavy atom. The van der Waals surface area contributed by atoms with Gasteiger partial charge in [-0.3, -0.25) is 4.98 Å². The molecule has 0 saturated heterocycles. The molecule has 0 unspecified atom stereocenters. The number of rotatable bonds is 3. The van der Waals surface area contributed by atoms with E-state index in [0.29, 0.717) is 0 Å². The minimum Gasteiger partial charge on any atom is -0.352 e. The quantitative estimate of drug-likeness (QED) is 0.779. The Morgan fingerprint density at radius 1 is 1.21 bits per heavy atom. The zero-order chi connectivity index (χ0) is 13.2. The Balaban J connectivity index is 1.86. The summed E-state index contributed by atoms with van der Waals surface area (Å²) in [5.74, 6) is 0.886. The van der Waals surface area contributed by atoms with E-state index in [1.165, 1.54) is 11.1 Å². The van der Waals surface area contributed by atoms with Gasteiger partial charge in [0.05, 0.1) is 11.0 Å². The van der Waals surface area contributed by atoms with Crippen molar-refractivity contribution in [1.29, 1.82) is 0 Å². The van der Waals surface area contributed by atoms with Crippen molar-refractivity contribution in [3.63, 3.8) is 0 Å². The van der Waals surface area contributed by atoms with Crippen molar-refractivity contribution in [3.05, 3.63) is 53.9 Å². The molecule has 2 heterocycles. The van der Waals surface area contributed by atoms with Crippen LogP contribution in [0.4, 0.5) is 5.95 Å². The van der Waals surface area contributed by atoms with Crippen molar-refractivity contribution in [2.24, 2.45) is 7.05 Å². The second-order valence-corrected chi connectivity index (χ2v) is 4.64. The predicted molar refractivity (Wildman–Crippen MR) is 77.0 cm³/mol. The predicted octanol–water partition coefficient (Wildman–Crippen LogP) is 2.89. The molecule has 4 nitrogen and oxygen atoms in total. The summed E-state index contributed by atoms with van der Waals surface area (Å²) in [4.78, 5) is 8.70. The third kappa shape index (κ3) is 2.17. The maximum atomic E-state index is 4.59. The van der Waals surface area contributed by atoms with Gasteiger partial charge in [0.15, 0.2) is 0 Å². The fourth-order valence-corrected chi connectivity index (χ4v) is 2.18. The van der Waals surface area contributed by atoms with Crippen molar-refractivity contribution in [2.75, 3.05) is 5.32 Å². The van der Waals surface area contributed by atoms with Gasteiger partial charge < -0.3 is 9.88 Å². The number of nitrogens with zero attached hydrogens (tertiary/aromatic N) is 3. The Morgan fingerprint density at radius 3 is 2.84 bits per heavy atom. The van der Waals surface area contributed by atoms with E-state index in [2.05, 4.69) is 32.8 Å². The Kier molecular flexibility index (Phi) is 2.91. The van der Waals surface area contributed by atoms with Gasteiger partial charge in [0, 0.05) is 26.0 Å². The molecule has 2 aromatic heterocycles. The molecule has 1 aromatic carbocycles. The summed E-state index contributed by atoms with van der Waals surface area (Å²) in [6.45, 7) is 2.82. The van der Waals surface area contributed by atoms with E-state index in [-0.39, 0.29) is 0 Å². The maximum absolute atomic E-state index is 4.59. The van der Waals surface area contributed by atoms with Crippen LogP contribution in [0.2, 0.25) is 0 Å². The van der Waals surface area contributed by atoms with Crippen LogP contribution in [0, 0.1) is 6.92 Å². The summed E-state index contributed by atoms with van der Waals surface area (Å²) in [6, 6.07) is 10.2. The Bertz CT molecular complexity index is 715. The second kappa shape index (κ2) is 4.72. The number of nitrogens with one attached hydrogen (secondary N) is 1.